The Morgan fingerprint density at radius 2 is 2.03 bits per heavy atom. The van der Waals surface area contributed by atoms with Crippen LogP contribution in [0.4, 0.5) is 11.4 Å². The Labute approximate surface area is 169 Å². The zero-order valence-corrected chi connectivity index (χ0v) is 16.7. The van der Waals surface area contributed by atoms with Gasteiger partial charge in [0.25, 0.3) is 11.2 Å². The van der Waals surface area contributed by atoms with E-state index in [0.717, 1.165) is 11.8 Å². The van der Waals surface area contributed by atoms with Gasteiger partial charge in [0, 0.05) is 19.2 Å². The van der Waals surface area contributed by atoms with Gasteiger partial charge >= 0.3 is 0 Å². The number of thioether (sulfide) groups is 1. The van der Waals surface area contributed by atoms with E-state index in [0.29, 0.717) is 21.8 Å². The Kier molecular flexibility index (Phi) is 5.83. The predicted octanol–water partition coefficient (Wildman–Crippen LogP) is 2.97. The summed E-state index contributed by atoms with van der Waals surface area (Å²) in [5.41, 5.74) is 0.372. The van der Waals surface area contributed by atoms with Crippen molar-refractivity contribution in [2.75, 3.05) is 12.4 Å². The maximum Gasteiger partial charge on any atom is 0.271 e. The summed E-state index contributed by atoms with van der Waals surface area (Å²) in [6, 6.07) is 10.9. The highest BCUT2D eigenvalue weighted by Gasteiger charge is 2.21. The van der Waals surface area contributed by atoms with Gasteiger partial charge in [0.15, 0.2) is 5.16 Å². The first-order valence-corrected chi connectivity index (χ1v) is 9.45. The number of aromatic nitrogens is 2. The molecule has 1 aromatic heterocycles. The Morgan fingerprint density at radius 1 is 1.31 bits per heavy atom. The average Bonchev–Trinajstić information content (AvgIpc) is 2.71. The Bertz CT molecular complexity index is 1160. The summed E-state index contributed by atoms with van der Waals surface area (Å²) in [5, 5.41) is 13.9. The number of anilines is 1. The zero-order valence-electron chi connectivity index (χ0n) is 15.9. The number of non-ortho nitro benzene ring substituents is 1. The normalized spacial score (nSPS) is 11.8. The van der Waals surface area contributed by atoms with E-state index < -0.39 is 16.1 Å². The van der Waals surface area contributed by atoms with Gasteiger partial charge in [-0.15, -0.1) is 0 Å². The van der Waals surface area contributed by atoms with Crippen LogP contribution in [0.15, 0.2) is 52.4 Å². The molecule has 0 saturated heterocycles. The number of nitro benzene ring substituents is 1. The number of nitro groups is 1. The van der Waals surface area contributed by atoms with Gasteiger partial charge in [-0.3, -0.25) is 24.3 Å². The molecule has 1 amide bonds. The topological polar surface area (TPSA) is 116 Å². The van der Waals surface area contributed by atoms with Gasteiger partial charge in [0.1, 0.15) is 5.75 Å². The number of para-hydroxylation sites is 1. The Hall–Kier alpha value is -3.40. The maximum absolute atomic E-state index is 12.7. The van der Waals surface area contributed by atoms with Crippen molar-refractivity contribution in [3.05, 3.63) is 62.9 Å². The molecule has 0 saturated carbocycles. The van der Waals surface area contributed by atoms with Crippen LogP contribution >= 0.6 is 11.8 Å². The average molecular weight is 414 g/mol. The van der Waals surface area contributed by atoms with Gasteiger partial charge in [0.05, 0.1) is 33.9 Å². The van der Waals surface area contributed by atoms with Crippen LogP contribution in [0.5, 0.6) is 5.75 Å². The summed E-state index contributed by atoms with van der Waals surface area (Å²) in [7, 11) is 3.00. The third kappa shape index (κ3) is 4.21. The number of ether oxygens (including phenoxy) is 1. The molecule has 3 aromatic rings. The summed E-state index contributed by atoms with van der Waals surface area (Å²) >= 11 is 1.12. The summed E-state index contributed by atoms with van der Waals surface area (Å²) in [6.45, 7) is 1.66. The standard InChI is InChI=1S/C19H18N4O5S/c1-11(17(24)20-15-10-12(23(26)27)8-9-16(15)28-3)29-19-21-14-7-5-4-6-13(14)18(25)22(19)2/h4-11H,1-3H3,(H,20,24)/t11-/m0/s1. The molecule has 1 N–H and O–H groups in total. The SMILES string of the molecule is COc1ccc([N+](=O)[O-])cc1NC(=O)[C@H](C)Sc1nc2ccccc2c(=O)n1C. The van der Waals surface area contributed by atoms with Gasteiger partial charge in [-0.1, -0.05) is 23.9 Å². The number of hydrogen-bond donors (Lipinski definition) is 1. The van der Waals surface area contributed by atoms with Gasteiger partial charge in [-0.2, -0.15) is 0 Å². The number of carbonyl (C=O) groups is 1. The number of benzene rings is 2. The monoisotopic (exact) mass is 414 g/mol. The van der Waals surface area contributed by atoms with Crippen LogP contribution in [0.1, 0.15) is 6.92 Å². The molecule has 2 aromatic carbocycles. The fourth-order valence-electron chi connectivity index (χ4n) is 2.66. The molecule has 9 nitrogen and oxygen atoms in total. The van der Waals surface area contributed by atoms with Crippen molar-refractivity contribution < 1.29 is 14.5 Å². The van der Waals surface area contributed by atoms with E-state index in [2.05, 4.69) is 10.3 Å². The molecule has 29 heavy (non-hydrogen) atoms. The highest BCUT2D eigenvalue weighted by molar-refractivity contribution is 8.00. The van der Waals surface area contributed by atoms with Crippen molar-refractivity contribution in [3.63, 3.8) is 0 Å². The summed E-state index contributed by atoms with van der Waals surface area (Å²) in [6.07, 6.45) is 0. The summed E-state index contributed by atoms with van der Waals surface area (Å²) in [5.74, 6) is -0.103. The molecule has 1 heterocycles. The molecule has 0 radical (unpaired) electrons. The van der Waals surface area contributed by atoms with Crippen molar-refractivity contribution in [3.8, 4) is 5.75 Å². The number of nitrogens with zero attached hydrogens (tertiary/aromatic N) is 3. The van der Waals surface area contributed by atoms with Crippen molar-refractivity contribution in [1.29, 1.82) is 0 Å². The minimum Gasteiger partial charge on any atom is -0.495 e. The van der Waals surface area contributed by atoms with Crippen LogP contribution in [0.25, 0.3) is 10.9 Å². The molecule has 0 aliphatic heterocycles. The van der Waals surface area contributed by atoms with E-state index in [9.17, 15) is 19.7 Å². The van der Waals surface area contributed by atoms with E-state index >= 15 is 0 Å². The second kappa shape index (κ2) is 8.31. The lowest BCUT2D eigenvalue weighted by atomic mass is 10.2. The molecule has 0 aliphatic rings. The van der Waals surface area contributed by atoms with Crippen LogP contribution < -0.4 is 15.6 Å². The number of rotatable bonds is 6. The lowest BCUT2D eigenvalue weighted by molar-refractivity contribution is -0.384. The first-order chi connectivity index (χ1) is 13.8. The van der Waals surface area contributed by atoms with Crippen LogP contribution in [-0.2, 0) is 11.8 Å². The summed E-state index contributed by atoms with van der Waals surface area (Å²) in [4.78, 5) is 40.1. The second-order valence-electron chi connectivity index (χ2n) is 6.17. The predicted molar refractivity (Wildman–Crippen MR) is 111 cm³/mol. The molecular weight excluding hydrogens is 396 g/mol. The fraction of sp³-hybridized carbons (Fsp3) is 0.211. The number of carbonyl (C=O) groups excluding carboxylic acids is 1. The van der Waals surface area contributed by atoms with Gasteiger partial charge < -0.3 is 10.1 Å². The molecule has 3 rings (SSSR count). The maximum atomic E-state index is 12.7. The number of hydrogen-bond acceptors (Lipinski definition) is 7. The number of fused-ring (bicyclic) bond motifs is 1. The first kappa shape index (κ1) is 20.3. The van der Waals surface area contributed by atoms with E-state index in [-0.39, 0.29) is 16.9 Å². The molecule has 0 fully saturated rings. The summed E-state index contributed by atoms with van der Waals surface area (Å²) < 4.78 is 6.55. The molecule has 0 spiro atoms. The smallest absolute Gasteiger partial charge is 0.271 e. The van der Waals surface area contributed by atoms with Crippen LogP contribution in [0.2, 0.25) is 0 Å². The number of amides is 1. The van der Waals surface area contributed by atoms with Crippen LogP contribution in [0.3, 0.4) is 0 Å². The van der Waals surface area contributed by atoms with E-state index in [1.165, 1.54) is 29.9 Å². The molecule has 10 heteroatoms. The van der Waals surface area contributed by atoms with Crippen molar-refractivity contribution in [2.24, 2.45) is 7.05 Å². The van der Waals surface area contributed by atoms with E-state index in [1.54, 1.807) is 38.2 Å². The third-order valence-corrected chi connectivity index (χ3v) is 5.39. The Balaban J connectivity index is 1.84. The molecule has 0 unspecified atom stereocenters. The highest BCUT2D eigenvalue weighted by atomic mass is 32.2. The first-order valence-electron chi connectivity index (χ1n) is 8.57. The van der Waals surface area contributed by atoms with Gasteiger partial charge in [-0.25, -0.2) is 4.98 Å². The van der Waals surface area contributed by atoms with Crippen LogP contribution in [0, 0.1) is 10.1 Å². The second-order valence-corrected chi connectivity index (χ2v) is 7.47. The number of nitrogens with one attached hydrogen (secondary N) is 1. The lowest BCUT2D eigenvalue weighted by Gasteiger charge is -2.15. The molecule has 0 bridgehead atoms. The van der Waals surface area contributed by atoms with Gasteiger partial charge in [-0.05, 0) is 25.1 Å². The van der Waals surface area contributed by atoms with E-state index in [4.69, 9.17) is 4.74 Å². The minimum absolute atomic E-state index is 0.167. The van der Waals surface area contributed by atoms with Crippen LogP contribution in [-0.4, -0.2) is 32.7 Å². The molecular formula is C19H18N4O5S. The third-order valence-electron chi connectivity index (χ3n) is 4.25. The molecule has 150 valence electrons. The van der Waals surface area contributed by atoms with E-state index in [1.807, 2.05) is 0 Å². The Morgan fingerprint density at radius 3 is 2.72 bits per heavy atom. The minimum atomic E-state index is -0.627. The molecule has 1 atom stereocenters. The largest absolute Gasteiger partial charge is 0.495 e. The molecule has 0 aliphatic carbocycles. The van der Waals surface area contributed by atoms with Crippen molar-refractivity contribution in [1.82, 2.24) is 9.55 Å². The zero-order chi connectivity index (χ0) is 21.1. The number of methoxy groups -OCH3 is 1. The fourth-order valence-corrected chi connectivity index (χ4v) is 3.53. The van der Waals surface area contributed by atoms with Crippen molar-refractivity contribution in [2.45, 2.75) is 17.3 Å². The lowest BCUT2D eigenvalue weighted by Crippen LogP contribution is -2.25. The van der Waals surface area contributed by atoms with Gasteiger partial charge in [0.2, 0.25) is 5.91 Å². The van der Waals surface area contributed by atoms with Crippen molar-refractivity contribution >= 4 is 39.9 Å². The highest BCUT2D eigenvalue weighted by Crippen LogP contribution is 2.30. The quantitative estimate of drug-likeness (QED) is 0.285.